The van der Waals surface area contributed by atoms with Gasteiger partial charge in [0.1, 0.15) is 12.5 Å². The lowest BCUT2D eigenvalue weighted by atomic mass is 10.3. The van der Waals surface area contributed by atoms with E-state index in [0.29, 0.717) is 12.5 Å². The van der Waals surface area contributed by atoms with Crippen molar-refractivity contribution in [2.45, 2.75) is 0 Å². The van der Waals surface area contributed by atoms with E-state index in [9.17, 15) is 0 Å². The third kappa shape index (κ3) is 2.32. The van der Waals surface area contributed by atoms with Crippen molar-refractivity contribution in [3.63, 3.8) is 0 Å². The summed E-state index contributed by atoms with van der Waals surface area (Å²) in [6, 6.07) is 6.80. The molecular weight excluding hydrogens is 206 g/mol. The molecule has 0 fully saturated rings. The lowest BCUT2D eigenvalue weighted by molar-refractivity contribution is 0.296. The average Bonchev–Trinajstić information content (AvgIpc) is 2.76. The highest BCUT2D eigenvalue weighted by atomic mass is 16.5. The second-order valence-corrected chi connectivity index (χ2v) is 3.28. The summed E-state index contributed by atoms with van der Waals surface area (Å²) in [5.74, 6) is 0.935. The molecule has 0 saturated heterocycles. The summed E-state index contributed by atoms with van der Waals surface area (Å²) in [5.41, 5.74) is 0.872. The lowest BCUT2D eigenvalue weighted by Crippen LogP contribution is -2.13. The topological polar surface area (TPSA) is 59.3 Å². The van der Waals surface area contributed by atoms with Crippen molar-refractivity contribution in [1.29, 1.82) is 0 Å². The molecule has 2 N–H and O–H groups in total. The Bertz CT molecular complexity index is 451. The number of ether oxygens (including phenoxy) is 1. The third-order valence-corrected chi connectivity index (χ3v) is 2.06. The number of hydrogen-bond donors (Lipinski definition) is 2. The first kappa shape index (κ1) is 10.5. The molecule has 0 unspecified atom stereocenters. The molecule has 16 heavy (non-hydrogen) atoms. The Kier molecular flexibility index (Phi) is 3.07. The van der Waals surface area contributed by atoms with Gasteiger partial charge in [-0.3, -0.25) is 5.32 Å². The number of phenolic OH excluding ortho intramolecular Hbond substituents is 1. The van der Waals surface area contributed by atoms with Crippen LogP contribution in [0.3, 0.4) is 0 Å². The minimum atomic E-state index is 0.238. The summed E-state index contributed by atoms with van der Waals surface area (Å²) in [6.45, 7) is 0.446. The Morgan fingerprint density at radius 1 is 1.38 bits per heavy atom. The van der Waals surface area contributed by atoms with E-state index in [4.69, 9.17) is 9.84 Å². The van der Waals surface area contributed by atoms with Gasteiger partial charge >= 0.3 is 0 Å². The molecule has 1 heterocycles. The van der Waals surface area contributed by atoms with E-state index in [0.717, 1.165) is 5.69 Å². The number of benzene rings is 1. The fourth-order valence-electron chi connectivity index (χ4n) is 1.28. The van der Waals surface area contributed by atoms with Crippen LogP contribution in [0.5, 0.6) is 11.5 Å². The van der Waals surface area contributed by atoms with Crippen LogP contribution in [0.15, 0.2) is 36.7 Å². The molecule has 0 aliphatic rings. The molecule has 84 valence electrons. The van der Waals surface area contributed by atoms with Crippen LogP contribution in [-0.4, -0.2) is 28.7 Å². The normalized spacial score (nSPS) is 10.3. The lowest BCUT2D eigenvalue weighted by Gasteiger charge is -2.01. The zero-order valence-corrected chi connectivity index (χ0v) is 8.92. The number of nitrogens with zero attached hydrogens (tertiary/aromatic N) is 2. The van der Waals surface area contributed by atoms with Gasteiger partial charge in [-0.05, 0) is 31.3 Å². The number of rotatable bonds is 4. The van der Waals surface area contributed by atoms with E-state index in [1.165, 1.54) is 0 Å². The van der Waals surface area contributed by atoms with Crippen LogP contribution in [0.25, 0.3) is 5.69 Å². The zero-order valence-electron chi connectivity index (χ0n) is 8.92. The van der Waals surface area contributed by atoms with Crippen molar-refractivity contribution >= 4 is 0 Å². The molecular formula is C11H13N3O2. The molecule has 0 atom stereocenters. The van der Waals surface area contributed by atoms with Crippen LogP contribution in [-0.2, 0) is 0 Å². The Hall–Kier alpha value is -2.01. The smallest absolute Gasteiger partial charge is 0.159 e. The Labute approximate surface area is 93.3 Å². The molecule has 1 aromatic heterocycles. The molecule has 0 radical (unpaired) electrons. The second-order valence-electron chi connectivity index (χ2n) is 3.28. The molecule has 0 amide bonds. The summed E-state index contributed by atoms with van der Waals surface area (Å²) in [6.07, 6.45) is 3.42. The Balaban J connectivity index is 2.15. The van der Waals surface area contributed by atoms with Crippen LogP contribution in [0, 0.1) is 0 Å². The molecule has 1 aromatic carbocycles. The molecule has 0 bridgehead atoms. The van der Waals surface area contributed by atoms with Crippen LogP contribution >= 0.6 is 0 Å². The van der Waals surface area contributed by atoms with Gasteiger partial charge in [0, 0.05) is 0 Å². The highest BCUT2D eigenvalue weighted by Gasteiger charge is 2.01. The highest BCUT2D eigenvalue weighted by molar-refractivity contribution is 5.37. The largest absolute Gasteiger partial charge is 0.508 e. The number of hydrogen-bond acceptors (Lipinski definition) is 4. The van der Waals surface area contributed by atoms with E-state index in [2.05, 4.69) is 10.4 Å². The van der Waals surface area contributed by atoms with Crippen molar-refractivity contribution in [3.8, 4) is 17.2 Å². The van der Waals surface area contributed by atoms with Gasteiger partial charge in [-0.1, -0.05) is 0 Å². The summed E-state index contributed by atoms with van der Waals surface area (Å²) >= 11 is 0. The van der Waals surface area contributed by atoms with Crippen LogP contribution < -0.4 is 10.1 Å². The first-order chi connectivity index (χ1) is 7.79. The third-order valence-electron chi connectivity index (χ3n) is 2.06. The summed E-state index contributed by atoms with van der Waals surface area (Å²) in [7, 11) is 1.81. The Morgan fingerprint density at radius 2 is 2.12 bits per heavy atom. The molecule has 0 aliphatic heterocycles. The fraction of sp³-hybridized carbons (Fsp3) is 0.182. The SMILES string of the molecule is CNCOc1cnn(-c2ccc(O)cc2)c1. The maximum atomic E-state index is 9.16. The number of phenols is 1. The Morgan fingerprint density at radius 3 is 2.81 bits per heavy atom. The maximum absolute atomic E-state index is 9.16. The number of aromatic hydroxyl groups is 1. The highest BCUT2D eigenvalue weighted by Crippen LogP contribution is 2.16. The molecule has 0 aliphatic carbocycles. The predicted molar refractivity (Wildman–Crippen MR) is 59.8 cm³/mol. The summed E-state index contributed by atoms with van der Waals surface area (Å²) in [5, 5.41) is 16.2. The van der Waals surface area contributed by atoms with Gasteiger partial charge in [0.05, 0.1) is 18.1 Å². The van der Waals surface area contributed by atoms with Gasteiger partial charge in [0.15, 0.2) is 5.75 Å². The number of nitrogens with one attached hydrogen (secondary N) is 1. The van der Waals surface area contributed by atoms with Crippen LogP contribution in [0.1, 0.15) is 0 Å². The molecule has 0 saturated carbocycles. The molecule has 5 nitrogen and oxygen atoms in total. The minimum absolute atomic E-state index is 0.238. The first-order valence-corrected chi connectivity index (χ1v) is 4.91. The van der Waals surface area contributed by atoms with Crippen molar-refractivity contribution in [2.75, 3.05) is 13.8 Å². The predicted octanol–water partition coefficient (Wildman–Crippen LogP) is 1.13. The van der Waals surface area contributed by atoms with E-state index >= 15 is 0 Å². The standard InChI is InChI=1S/C11H13N3O2/c1-12-8-16-11-6-13-14(7-11)9-2-4-10(15)5-3-9/h2-7,12,15H,8H2,1H3. The van der Waals surface area contributed by atoms with Crippen molar-refractivity contribution in [1.82, 2.24) is 15.1 Å². The van der Waals surface area contributed by atoms with E-state index in [-0.39, 0.29) is 5.75 Å². The van der Waals surface area contributed by atoms with E-state index in [1.54, 1.807) is 41.3 Å². The fourth-order valence-corrected chi connectivity index (χ4v) is 1.28. The zero-order chi connectivity index (χ0) is 11.4. The minimum Gasteiger partial charge on any atom is -0.508 e. The van der Waals surface area contributed by atoms with E-state index in [1.807, 2.05) is 7.05 Å². The van der Waals surface area contributed by atoms with E-state index < -0.39 is 0 Å². The van der Waals surface area contributed by atoms with Gasteiger partial charge in [-0.25, -0.2) is 4.68 Å². The van der Waals surface area contributed by atoms with Gasteiger partial charge < -0.3 is 9.84 Å². The maximum Gasteiger partial charge on any atom is 0.159 e. The summed E-state index contributed by atoms with van der Waals surface area (Å²) in [4.78, 5) is 0. The van der Waals surface area contributed by atoms with Crippen molar-refractivity contribution in [2.24, 2.45) is 0 Å². The van der Waals surface area contributed by atoms with Crippen molar-refractivity contribution < 1.29 is 9.84 Å². The first-order valence-electron chi connectivity index (χ1n) is 4.91. The van der Waals surface area contributed by atoms with Gasteiger partial charge in [-0.2, -0.15) is 5.10 Å². The molecule has 2 rings (SSSR count). The van der Waals surface area contributed by atoms with Crippen LogP contribution in [0.2, 0.25) is 0 Å². The summed E-state index contributed by atoms with van der Waals surface area (Å²) < 4.78 is 7.02. The quantitative estimate of drug-likeness (QED) is 0.757. The van der Waals surface area contributed by atoms with Gasteiger partial charge in [0.2, 0.25) is 0 Å². The van der Waals surface area contributed by atoms with Crippen molar-refractivity contribution in [3.05, 3.63) is 36.7 Å². The number of aromatic nitrogens is 2. The van der Waals surface area contributed by atoms with Gasteiger partial charge in [0.25, 0.3) is 0 Å². The molecule has 5 heteroatoms. The second kappa shape index (κ2) is 4.67. The van der Waals surface area contributed by atoms with Gasteiger partial charge in [-0.15, -0.1) is 0 Å². The molecule has 2 aromatic rings. The average molecular weight is 219 g/mol. The molecule has 0 spiro atoms. The van der Waals surface area contributed by atoms with Crippen LogP contribution in [0.4, 0.5) is 0 Å². The monoisotopic (exact) mass is 219 g/mol.